The summed E-state index contributed by atoms with van der Waals surface area (Å²) in [6.07, 6.45) is 0. The third kappa shape index (κ3) is 2.28. The first-order valence-electron chi connectivity index (χ1n) is 5.05. The topological polar surface area (TPSA) is 29.1 Å². The number of hydrogen-bond donors (Lipinski definition) is 1. The van der Waals surface area contributed by atoms with Crippen LogP contribution >= 0.6 is 27.3 Å². The fourth-order valence-corrected chi connectivity index (χ4v) is 2.60. The van der Waals surface area contributed by atoms with Crippen LogP contribution in [0.2, 0.25) is 0 Å². The lowest BCUT2D eigenvalue weighted by Crippen LogP contribution is -2.33. The van der Waals surface area contributed by atoms with Crippen LogP contribution in [0.5, 0.6) is 0 Å². The maximum Gasteiger partial charge on any atom is 0.252 e. The second-order valence-corrected chi connectivity index (χ2v) is 5.23. The van der Waals surface area contributed by atoms with Crippen molar-refractivity contribution in [3.05, 3.63) is 35.2 Å². The van der Waals surface area contributed by atoms with E-state index in [1.807, 2.05) is 36.6 Å². The van der Waals surface area contributed by atoms with Gasteiger partial charge >= 0.3 is 0 Å². The van der Waals surface area contributed by atoms with Gasteiger partial charge in [-0.25, -0.2) is 0 Å². The van der Waals surface area contributed by atoms with Crippen molar-refractivity contribution in [2.24, 2.45) is 0 Å². The van der Waals surface area contributed by atoms with E-state index in [4.69, 9.17) is 0 Å². The maximum absolute atomic E-state index is 12.0. The van der Waals surface area contributed by atoms with Crippen molar-refractivity contribution in [3.8, 4) is 0 Å². The maximum atomic E-state index is 12.0. The second kappa shape index (κ2) is 4.97. The molecule has 0 radical (unpaired) electrons. The zero-order valence-corrected chi connectivity index (χ0v) is 11.3. The summed E-state index contributed by atoms with van der Waals surface area (Å²) >= 11 is 4.95. The van der Waals surface area contributed by atoms with Crippen LogP contribution < -0.4 is 5.32 Å². The van der Waals surface area contributed by atoms with E-state index in [1.54, 1.807) is 11.3 Å². The van der Waals surface area contributed by atoms with Gasteiger partial charge in [0.05, 0.1) is 5.56 Å². The molecule has 0 aliphatic carbocycles. The van der Waals surface area contributed by atoms with Crippen molar-refractivity contribution in [2.45, 2.75) is 13.0 Å². The van der Waals surface area contributed by atoms with Gasteiger partial charge in [-0.05, 0) is 13.0 Å². The van der Waals surface area contributed by atoms with Gasteiger partial charge < -0.3 is 5.32 Å². The number of benzene rings is 1. The van der Waals surface area contributed by atoms with Crippen molar-refractivity contribution in [3.63, 3.8) is 0 Å². The van der Waals surface area contributed by atoms with Crippen LogP contribution in [0, 0.1) is 0 Å². The molecule has 0 aliphatic rings. The van der Waals surface area contributed by atoms with E-state index >= 15 is 0 Å². The zero-order valence-electron chi connectivity index (χ0n) is 8.87. The number of hydrogen-bond acceptors (Lipinski definition) is 2. The van der Waals surface area contributed by atoms with Gasteiger partial charge in [0, 0.05) is 26.8 Å². The van der Waals surface area contributed by atoms with E-state index in [9.17, 15) is 4.79 Å². The molecule has 1 amide bonds. The minimum atomic E-state index is 0.00407. The van der Waals surface area contributed by atoms with Crippen LogP contribution in [0.4, 0.5) is 0 Å². The van der Waals surface area contributed by atoms with Crippen LogP contribution in [0.1, 0.15) is 17.3 Å². The lowest BCUT2D eigenvalue weighted by Gasteiger charge is -2.09. The fourth-order valence-electron chi connectivity index (χ4n) is 1.49. The van der Waals surface area contributed by atoms with Gasteiger partial charge in [-0.1, -0.05) is 34.1 Å². The Bertz CT molecular complexity index is 508. The predicted molar refractivity (Wildman–Crippen MR) is 72.5 cm³/mol. The molecule has 4 heteroatoms. The minimum Gasteiger partial charge on any atom is -0.349 e. The predicted octanol–water partition coefficient (Wildman–Crippen LogP) is 3.41. The molecule has 1 aromatic heterocycles. The standard InChI is InChI=1S/C12H12BrNOS/c1-8(6-13)14-12(15)10-7-16-11-5-3-2-4-9(10)11/h2-5,7-8H,6H2,1H3,(H,14,15). The molecule has 0 saturated heterocycles. The summed E-state index contributed by atoms with van der Waals surface area (Å²) in [6.45, 7) is 1.97. The number of carbonyl (C=O) groups excluding carboxylic acids is 1. The smallest absolute Gasteiger partial charge is 0.252 e. The van der Waals surface area contributed by atoms with Crippen molar-refractivity contribution in [1.29, 1.82) is 0 Å². The number of amides is 1. The summed E-state index contributed by atoms with van der Waals surface area (Å²) in [5.74, 6) is 0.00407. The Morgan fingerprint density at radius 3 is 3.00 bits per heavy atom. The van der Waals surface area contributed by atoms with Crippen LogP contribution in [-0.4, -0.2) is 17.3 Å². The van der Waals surface area contributed by atoms with Gasteiger partial charge in [-0.3, -0.25) is 4.79 Å². The number of carbonyl (C=O) groups is 1. The lowest BCUT2D eigenvalue weighted by molar-refractivity contribution is 0.0946. The quantitative estimate of drug-likeness (QED) is 0.864. The molecule has 2 nitrogen and oxygen atoms in total. The first-order chi connectivity index (χ1) is 7.72. The van der Waals surface area contributed by atoms with Crippen molar-refractivity contribution >= 4 is 43.3 Å². The zero-order chi connectivity index (χ0) is 11.5. The molecular formula is C12H12BrNOS. The fraction of sp³-hybridized carbons (Fsp3) is 0.250. The molecule has 16 heavy (non-hydrogen) atoms. The monoisotopic (exact) mass is 297 g/mol. The lowest BCUT2D eigenvalue weighted by atomic mass is 10.1. The van der Waals surface area contributed by atoms with E-state index in [0.29, 0.717) is 0 Å². The Morgan fingerprint density at radius 1 is 1.50 bits per heavy atom. The van der Waals surface area contributed by atoms with E-state index < -0.39 is 0 Å². The first kappa shape index (κ1) is 11.6. The number of thiophene rings is 1. The summed E-state index contributed by atoms with van der Waals surface area (Å²) in [5, 5.41) is 6.66. The average Bonchev–Trinajstić information content (AvgIpc) is 2.72. The molecule has 1 atom stereocenters. The Morgan fingerprint density at radius 2 is 2.25 bits per heavy atom. The number of alkyl halides is 1. The third-order valence-corrected chi connectivity index (χ3v) is 4.27. The van der Waals surface area contributed by atoms with Crippen molar-refractivity contribution in [1.82, 2.24) is 5.32 Å². The van der Waals surface area contributed by atoms with E-state index in [-0.39, 0.29) is 11.9 Å². The van der Waals surface area contributed by atoms with E-state index in [2.05, 4.69) is 21.2 Å². The molecule has 0 saturated carbocycles. The number of halogens is 1. The van der Waals surface area contributed by atoms with Gasteiger partial charge in [0.1, 0.15) is 0 Å². The Labute approximate surface area is 107 Å². The molecule has 84 valence electrons. The number of nitrogens with one attached hydrogen (secondary N) is 1. The van der Waals surface area contributed by atoms with Gasteiger partial charge in [-0.15, -0.1) is 11.3 Å². The molecule has 1 heterocycles. The molecule has 0 aliphatic heterocycles. The van der Waals surface area contributed by atoms with E-state index in [0.717, 1.165) is 21.0 Å². The van der Waals surface area contributed by atoms with Crippen molar-refractivity contribution < 1.29 is 4.79 Å². The molecule has 2 rings (SSSR count). The molecule has 2 aromatic rings. The minimum absolute atomic E-state index is 0.00407. The molecule has 0 spiro atoms. The van der Waals surface area contributed by atoms with Crippen LogP contribution in [0.25, 0.3) is 10.1 Å². The Hall–Kier alpha value is -0.870. The largest absolute Gasteiger partial charge is 0.349 e. The van der Waals surface area contributed by atoms with E-state index in [1.165, 1.54) is 0 Å². The highest BCUT2D eigenvalue weighted by Crippen LogP contribution is 2.25. The molecular weight excluding hydrogens is 286 g/mol. The first-order valence-corrected chi connectivity index (χ1v) is 7.05. The SMILES string of the molecule is CC(CBr)NC(=O)c1csc2ccccc12. The summed E-state index contributed by atoms with van der Waals surface area (Å²) in [7, 11) is 0. The number of rotatable bonds is 3. The summed E-state index contributed by atoms with van der Waals surface area (Å²) in [5.41, 5.74) is 0.772. The molecule has 0 bridgehead atoms. The summed E-state index contributed by atoms with van der Waals surface area (Å²) in [4.78, 5) is 12.0. The molecule has 1 unspecified atom stereocenters. The Balaban J connectivity index is 2.30. The molecule has 1 aromatic carbocycles. The third-order valence-electron chi connectivity index (χ3n) is 2.33. The molecule has 0 fully saturated rings. The van der Waals surface area contributed by atoms with Crippen LogP contribution in [0.3, 0.4) is 0 Å². The van der Waals surface area contributed by atoms with Gasteiger partial charge in [-0.2, -0.15) is 0 Å². The van der Waals surface area contributed by atoms with Crippen LogP contribution in [-0.2, 0) is 0 Å². The number of fused-ring (bicyclic) bond motifs is 1. The normalized spacial score (nSPS) is 12.6. The highest BCUT2D eigenvalue weighted by atomic mass is 79.9. The summed E-state index contributed by atoms with van der Waals surface area (Å²) in [6, 6.07) is 8.11. The Kier molecular flexibility index (Phi) is 3.61. The van der Waals surface area contributed by atoms with Gasteiger partial charge in [0.2, 0.25) is 0 Å². The highest BCUT2D eigenvalue weighted by molar-refractivity contribution is 9.09. The van der Waals surface area contributed by atoms with Gasteiger partial charge in [0.15, 0.2) is 0 Å². The highest BCUT2D eigenvalue weighted by Gasteiger charge is 2.13. The average molecular weight is 298 g/mol. The second-order valence-electron chi connectivity index (χ2n) is 3.67. The van der Waals surface area contributed by atoms with Crippen LogP contribution in [0.15, 0.2) is 29.6 Å². The van der Waals surface area contributed by atoms with Gasteiger partial charge in [0.25, 0.3) is 5.91 Å². The molecule has 1 N–H and O–H groups in total. The van der Waals surface area contributed by atoms with Crippen molar-refractivity contribution in [2.75, 3.05) is 5.33 Å². The summed E-state index contributed by atoms with van der Waals surface area (Å²) < 4.78 is 1.15.